The minimum Gasteiger partial charge on any atom is -0.207 e. The van der Waals surface area contributed by atoms with Crippen molar-refractivity contribution in [1.82, 2.24) is 0 Å². The second-order valence-electron chi connectivity index (χ2n) is 16.5. The van der Waals surface area contributed by atoms with Gasteiger partial charge in [0.2, 0.25) is 0 Å². The lowest BCUT2D eigenvalue weighted by Crippen LogP contribution is -2.31. The summed E-state index contributed by atoms with van der Waals surface area (Å²) >= 11 is 0. The molecular weight excluding hydrogens is 735 g/mol. The summed E-state index contributed by atoms with van der Waals surface area (Å²) in [5.41, 5.74) is 19.7. The van der Waals surface area contributed by atoms with Crippen molar-refractivity contribution < 1.29 is 4.39 Å². The van der Waals surface area contributed by atoms with Crippen molar-refractivity contribution in [3.05, 3.63) is 257 Å². The average molecular weight is 771 g/mol. The topological polar surface area (TPSA) is 0 Å². The summed E-state index contributed by atoms with van der Waals surface area (Å²) in [4.78, 5) is 0. The Morgan fingerprint density at radius 1 is 0.288 bits per heavy atom. The molecule has 59 heavy (non-hydrogen) atoms. The van der Waals surface area contributed by atoms with Crippen LogP contribution in [0.5, 0.6) is 0 Å². The van der Waals surface area contributed by atoms with Crippen LogP contribution in [0, 0.1) is 5.82 Å². The van der Waals surface area contributed by atoms with Crippen molar-refractivity contribution in [2.45, 2.75) is 10.8 Å². The fourth-order valence-corrected chi connectivity index (χ4v) is 14.7. The summed E-state index contributed by atoms with van der Waals surface area (Å²) in [5.74, 6) is -0.245. The van der Waals surface area contributed by atoms with Crippen LogP contribution in [0.1, 0.15) is 44.5 Å². The number of hydrogen-bond donors (Lipinski definition) is 0. The van der Waals surface area contributed by atoms with E-state index < -0.39 is 17.7 Å². The van der Waals surface area contributed by atoms with Crippen molar-refractivity contribution in [3.63, 3.8) is 0 Å². The summed E-state index contributed by atoms with van der Waals surface area (Å²) in [6, 6.07) is 75.2. The molecule has 4 aliphatic rings. The second kappa shape index (κ2) is 11.7. The molecule has 2 spiro atoms. The van der Waals surface area contributed by atoms with Gasteiger partial charge in [0.1, 0.15) is 5.82 Å². The van der Waals surface area contributed by atoms with Gasteiger partial charge in [-0.15, -0.1) is 0 Å². The van der Waals surface area contributed by atoms with E-state index in [2.05, 4.69) is 182 Å². The van der Waals surface area contributed by atoms with E-state index >= 15 is 0 Å². The molecule has 0 amide bonds. The summed E-state index contributed by atoms with van der Waals surface area (Å²) in [6.07, 6.45) is 5.36. The molecule has 9 aromatic rings. The summed E-state index contributed by atoms with van der Waals surface area (Å²) in [6.45, 7) is -2.67. The third-order valence-electron chi connectivity index (χ3n) is 14.1. The molecule has 13 rings (SSSR count). The number of fused-ring (bicyclic) bond motifs is 20. The first kappa shape index (κ1) is 33.2. The van der Waals surface area contributed by atoms with Crippen LogP contribution in [0.4, 0.5) is 4.39 Å². The molecule has 0 atom stereocenters. The molecule has 0 saturated heterocycles. The zero-order valence-corrected chi connectivity index (χ0v) is 33.1. The van der Waals surface area contributed by atoms with Crippen LogP contribution in [-0.4, -0.2) is 6.30 Å². The Morgan fingerprint density at radius 2 is 0.542 bits per heavy atom. The Kier molecular flexibility index (Phi) is 6.56. The maximum atomic E-state index is 14.9. The van der Waals surface area contributed by atoms with Crippen molar-refractivity contribution in [1.29, 1.82) is 0 Å². The van der Waals surface area contributed by atoms with Crippen molar-refractivity contribution in [2.75, 3.05) is 0 Å². The van der Waals surface area contributed by atoms with Crippen LogP contribution < -0.4 is 15.9 Å². The van der Waals surface area contributed by atoms with Gasteiger partial charge in [0, 0.05) is 0 Å². The second-order valence-corrected chi connectivity index (χ2v) is 19.7. The molecule has 0 saturated carbocycles. The first-order valence-corrected chi connectivity index (χ1v) is 22.4. The van der Waals surface area contributed by atoms with Gasteiger partial charge in [-0.25, -0.2) is 4.39 Å². The molecule has 9 aromatic carbocycles. The molecule has 0 heterocycles. The van der Waals surface area contributed by atoms with E-state index in [1.807, 2.05) is 12.1 Å². The van der Waals surface area contributed by atoms with Crippen LogP contribution in [0.25, 0.3) is 44.5 Å². The van der Waals surface area contributed by atoms with Crippen LogP contribution in [0.2, 0.25) is 0 Å². The Balaban J connectivity index is 1.11. The smallest absolute Gasteiger partial charge is 0.123 e. The summed E-state index contributed by atoms with van der Waals surface area (Å²) in [5, 5.41) is 3.40. The van der Waals surface area contributed by atoms with E-state index in [4.69, 9.17) is 6.30 Å². The molecule has 0 nitrogen and oxygen atoms in total. The molecule has 0 aliphatic heterocycles. The highest BCUT2D eigenvalue weighted by Crippen LogP contribution is 2.65. The summed E-state index contributed by atoms with van der Waals surface area (Å²) < 4.78 is 14.9. The Morgan fingerprint density at radius 3 is 0.847 bits per heavy atom. The SMILES string of the molecule is C=P(c1ccc(F)cc1)(c1ccc2c(c1)C1(c3ccccc3-c3ccccc31)c1ccccc1-2)c1ccc2c(c1)C1(c3ccccc3-c3ccccc31)c1ccccc1-2. The Bertz CT molecular complexity index is 3010. The largest absolute Gasteiger partial charge is 0.207 e. The maximum absolute atomic E-state index is 14.9. The van der Waals surface area contributed by atoms with Crippen molar-refractivity contribution in [2.24, 2.45) is 0 Å². The molecular formula is C57H36FP. The van der Waals surface area contributed by atoms with E-state index in [0.717, 1.165) is 5.30 Å². The highest BCUT2D eigenvalue weighted by Gasteiger charge is 2.53. The molecule has 0 fully saturated rings. The Labute approximate surface area is 343 Å². The minimum absolute atomic E-state index is 0.245. The van der Waals surface area contributed by atoms with Gasteiger partial charge in [-0.05, 0) is 136 Å². The molecule has 0 bridgehead atoms. The van der Waals surface area contributed by atoms with Crippen LogP contribution in [0.3, 0.4) is 0 Å². The van der Waals surface area contributed by atoms with E-state index in [1.165, 1.54) is 99.6 Å². The quantitative estimate of drug-likeness (QED) is 0.157. The van der Waals surface area contributed by atoms with Gasteiger partial charge in [0.15, 0.2) is 0 Å². The van der Waals surface area contributed by atoms with Gasteiger partial charge < -0.3 is 0 Å². The number of rotatable bonds is 3. The van der Waals surface area contributed by atoms with Gasteiger partial charge in [0.25, 0.3) is 0 Å². The molecule has 276 valence electrons. The average Bonchev–Trinajstić information content (AvgIpc) is 3.98. The number of halogens is 1. The molecule has 4 aliphatic carbocycles. The maximum Gasteiger partial charge on any atom is 0.123 e. The van der Waals surface area contributed by atoms with Gasteiger partial charge in [-0.2, -0.15) is 0 Å². The lowest BCUT2D eigenvalue weighted by Gasteiger charge is -2.34. The first-order chi connectivity index (χ1) is 29.1. The molecule has 0 unspecified atom stereocenters. The predicted octanol–water partition coefficient (Wildman–Crippen LogP) is 12.2. The van der Waals surface area contributed by atoms with E-state index in [-0.39, 0.29) is 5.82 Å². The van der Waals surface area contributed by atoms with E-state index in [9.17, 15) is 4.39 Å². The highest BCUT2D eigenvalue weighted by atomic mass is 31.2. The van der Waals surface area contributed by atoms with Gasteiger partial charge in [-0.3, -0.25) is 0 Å². The molecule has 0 N–H and O–H groups in total. The lowest BCUT2D eigenvalue weighted by molar-refractivity contribution is 0.628. The summed E-state index contributed by atoms with van der Waals surface area (Å²) in [7, 11) is 0. The minimum atomic E-state index is -2.67. The molecule has 0 aromatic heterocycles. The Hall–Kier alpha value is -6.79. The first-order valence-electron chi connectivity index (χ1n) is 20.4. The highest BCUT2D eigenvalue weighted by molar-refractivity contribution is 7.93. The molecule has 0 radical (unpaired) electrons. The van der Waals surface area contributed by atoms with Crippen molar-refractivity contribution >= 4 is 29.1 Å². The van der Waals surface area contributed by atoms with Crippen LogP contribution in [-0.2, 0) is 10.8 Å². The van der Waals surface area contributed by atoms with Crippen LogP contribution >= 0.6 is 6.89 Å². The van der Waals surface area contributed by atoms with Gasteiger partial charge >= 0.3 is 0 Å². The van der Waals surface area contributed by atoms with E-state index in [1.54, 1.807) is 12.1 Å². The predicted molar refractivity (Wildman–Crippen MR) is 245 cm³/mol. The normalized spacial score (nSPS) is 14.9. The monoisotopic (exact) mass is 770 g/mol. The van der Waals surface area contributed by atoms with Gasteiger partial charge in [-0.1, -0.05) is 188 Å². The number of hydrogen-bond acceptors (Lipinski definition) is 0. The third kappa shape index (κ3) is 3.95. The third-order valence-corrected chi connectivity index (χ3v) is 17.6. The lowest BCUT2D eigenvalue weighted by atomic mass is 9.70. The zero-order valence-electron chi connectivity index (χ0n) is 32.2. The fourth-order valence-electron chi connectivity index (χ4n) is 11.8. The zero-order chi connectivity index (χ0) is 39.1. The van der Waals surface area contributed by atoms with Crippen LogP contribution in [0.15, 0.2) is 206 Å². The van der Waals surface area contributed by atoms with Gasteiger partial charge in [0.05, 0.1) is 10.8 Å². The number of benzene rings is 9. The molecule has 2 heteroatoms. The van der Waals surface area contributed by atoms with E-state index in [0.29, 0.717) is 0 Å². The fraction of sp³-hybridized carbons (Fsp3) is 0.0351. The standard InChI is InChI=1S/C57H36FP/c1-59(37-28-26-36(58)27-29-37,38-30-32-46-44-18-6-12-24-52(44)56(54(46)34-38)48-20-8-2-14-40(48)41-15-3-9-21-49(41)56)39-31-33-47-45-19-7-13-25-53(45)57(55(47)35-39)50-22-10-4-16-42(50)43-17-5-11-23-51(43)57/h2-35H,1H2. The van der Waals surface area contributed by atoms with Crippen molar-refractivity contribution in [3.8, 4) is 44.5 Å².